The van der Waals surface area contributed by atoms with Crippen molar-refractivity contribution >= 4 is 22.9 Å². The van der Waals surface area contributed by atoms with Crippen molar-refractivity contribution < 1.29 is 0 Å². The van der Waals surface area contributed by atoms with Gasteiger partial charge >= 0.3 is 0 Å². The molecular formula is C14H17ClN2S. The van der Waals surface area contributed by atoms with Crippen molar-refractivity contribution in [2.45, 2.75) is 26.3 Å². The molecule has 0 amide bonds. The molecule has 1 atom stereocenters. The van der Waals surface area contributed by atoms with Gasteiger partial charge in [-0.05, 0) is 37.1 Å². The molecule has 0 saturated heterocycles. The molecule has 0 fully saturated rings. The fraction of sp³-hybridized carbons (Fsp3) is 0.357. The highest BCUT2D eigenvalue weighted by molar-refractivity contribution is 7.09. The molecule has 1 aromatic carbocycles. The van der Waals surface area contributed by atoms with Gasteiger partial charge in [0.15, 0.2) is 0 Å². The van der Waals surface area contributed by atoms with Crippen LogP contribution in [0.1, 0.15) is 35.4 Å². The van der Waals surface area contributed by atoms with Gasteiger partial charge in [0.05, 0.1) is 11.6 Å². The second-order valence-electron chi connectivity index (χ2n) is 4.30. The SMILES string of the molecule is CCCNC(c1ccc(C)c(Cl)c1)c1cncs1. The Bertz CT molecular complexity index is 497. The van der Waals surface area contributed by atoms with Gasteiger partial charge in [-0.25, -0.2) is 0 Å². The molecule has 1 aromatic heterocycles. The van der Waals surface area contributed by atoms with Gasteiger partial charge in [0.2, 0.25) is 0 Å². The van der Waals surface area contributed by atoms with E-state index in [4.69, 9.17) is 11.6 Å². The maximum atomic E-state index is 6.21. The zero-order chi connectivity index (χ0) is 13.0. The molecular weight excluding hydrogens is 264 g/mol. The Morgan fingerprint density at radius 1 is 1.44 bits per heavy atom. The number of nitrogens with one attached hydrogen (secondary N) is 1. The number of rotatable bonds is 5. The van der Waals surface area contributed by atoms with Crippen LogP contribution in [0.2, 0.25) is 5.02 Å². The molecule has 2 rings (SSSR count). The topological polar surface area (TPSA) is 24.9 Å². The molecule has 0 radical (unpaired) electrons. The number of halogens is 1. The molecule has 1 N–H and O–H groups in total. The van der Waals surface area contributed by atoms with E-state index in [1.165, 1.54) is 10.4 Å². The highest BCUT2D eigenvalue weighted by Crippen LogP contribution is 2.28. The normalized spacial score (nSPS) is 12.6. The van der Waals surface area contributed by atoms with Crippen molar-refractivity contribution in [1.29, 1.82) is 0 Å². The molecule has 1 heterocycles. The molecule has 1 unspecified atom stereocenters. The smallest absolute Gasteiger partial charge is 0.0794 e. The average molecular weight is 281 g/mol. The van der Waals surface area contributed by atoms with Gasteiger partial charge < -0.3 is 5.32 Å². The third-order valence-electron chi connectivity index (χ3n) is 2.86. The van der Waals surface area contributed by atoms with Crippen LogP contribution in [0.15, 0.2) is 29.9 Å². The summed E-state index contributed by atoms with van der Waals surface area (Å²) in [5.41, 5.74) is 4.17. The summed E-state index contributed by atoms with van der Waals surface area (Å²) in [5, 5.41) is 4.37. The Kier molecular flexibility index (Phi) is 4.75. The predicted octanol–water partition coefficient (Wildman–Crippen LogP) is 4.19. The van der Waals surface area contributed by atoms with Gasteiger partial charge in [0.1, 0.15) is 0 Å². The summed E-state index contributed by atoms with van der Waals surface area (Å²) < 4.78 is 0. The molecule has 2 aromatic rings. The van der Waals surface area contributed by atoms with Crippen molar-refractivity contribution in [3.63, 3.8) is 0 Å². The standard InChI is InChI=1S/C14H17ClN2S/c1-3-6-17-14(13-8-16-9-18-13)11-5-4-10(2)12(15)7-11/h4-5,7-9,14,17H,3,6H2,1-2H3. The highest BCUT2D eigenvalue weighted by atomic mass is 35.5. The van der Waals surface area contributed by atoms with E-state index in [-0.39, 0.29) is 6.04 Å². The van der Waals surface area contributed by atoms with Crippen molar-refractivity contribution in [2.75, 3.05) is 6.54 Å². The van der Waals surface area contributed by atoms with Crippen molar-refractivity contribution in [3.05, 3.63) is 50.9 Å². The van der Waals surface area contributed by atoms with Gasteiger partial charge in [-0.1, -0.05) is 30.7 Å². The molecule has 0 saturated carbocycles. The maximum absolute atomic E-state index is 6.21. The van der Waals surface area contributed by atoms with Crippen LogP contribution >= 0.6 is 22.9 Å². The summed E-state index contributed by atoms with van der Waals surface area (Å²) in [4.78, 5) is 5.39. The summed E-state index contributed by atoms with van der Waals surface area (Å²) in [5.74, 6) is 0. The zero-order valence-electron chi connectivity index (χ0n) is 10.6. The third kappa shape index (κ3) is 3.10. The lowest BCUT2D eigenvalue weighted by Crippen LogP contribution is -2.22. The molecule has 0 spiro atoms. The van der Waals surface area contributed by atoms with Crippen LogP contribution in [0, 0.1) is 6.92 Å². The van der Waals surface area contributed by atoms with E-state index in [2.05, 4.69) is 29.4 Å². The lowest BCUT2D eigenvalue weighted by atomic mass is 10.0. The van der Waals surface area contributed by atoms with Crippen LogP contribution in [-0.2, 0) is 0 Å². The first-order valence-corrected chi connectivity index (χ1v) is 7.36. The lowest BCUT2D eigenvalue weighted by molar-refractivity contribution is 0.605. The van der Waals surface area contributed by atoms with E-state index in [0.717, 1.165) is 23.6 Å². The fourth-order valence-electron chi connectivity index (χ4n) is 1.83. The largest absolute Gasteiger partial charge is 0.306 e. The Balaban J connectivity index is 2.30. The van der Waals surface area contributed by atoms with E-state index in [0.29, 0.717) is 0 Å². The quantitative estimate of drug-likeness (QED) is 0.888. The van der Waals surface area contributed by atoms with E-state index in [9.17, 15) is 0 Å². The van der Waals surface area contributed by atoms with Crippen LogP contribution < -0.4 is 5.32 Å². The molecule has 0 aliphatic rings. The Morgan fingerprint density at radius 2 is 2.28 bits per heavy atom. The molecule has 2 nitrogen and oxygen atoms in total. The van der Waals surface area contributed by atoms with Crippen LogP contribution in [0.25, 0.3) is 0 Å². The summed E-state index contributed by atoms with van der Waals surface area (Å²) >= 11 is 7.88. The second kappa shape index (κ2) is 6.32. The Hall–Kier alpha value is -0.900. The minimum atomic E-state index is 0.190. The fourth-order valence-corrected chi connectivity index (χ4v) is 2.74. The first-order valence-electron chi connectivity index (χ1n) is 6.10. The number of aromatic nitrogens is 1. The summed E-state index contributed by atoms with van der Waals surface area (Å²) in [6.45, 7) is 5.17. The second-order valence-corrected chi connectivity index (χ2v) is 5.62. The third-order valence-corrected chi connectivity index (χ3v) is 4.11. The lowest BCUT2D eigenvalue weighted by Gasteiger charge is -2.18. The zero-order valence-corrected chi connectivity index (χ0v) is 12.2. The van der Waals surface area contributed by atoms with Crippen LogP contribution in [-0.4, -0.2) is 11.5 Å². The summed E-state index contributed by atoms with van der Waals surface area (Å²) in [7, 11) is 0. The van der Waals surface area contributed by atoms with Gasteiger partial charge in [-0.3, -0.25) is 4.98 Å². The predicted molar refractivity (Wildman–Crippen MR) is 78.4 cm³/mol. The molecule has 0 aliphatic carbocycles. The molecule has 96 valence electrons. The summed E-state index contributed by atoms with van der Waals surface area (Å²) in [6, 6.07) is 6.44. The Labute approximate surface area is 117 Å². The molecule has 0 bridgehead atoms. The maximum Gasteiger partial charge on any atom is 0.0794 e. The van der Waals surface area contributed by atoms with E-state index >= 15 is 0 Å². The number of aryl methyl sites for hydroxylation is 1. The van der Waals surface area contributed by atoms with Crippen molar-refractivity contribution in [3.8, 4) is 0 Å². The molecule has 4 heteroatoms. The highest BCUT2D eigenvalue weighted by Gasteiger charge is 2.15. The van der Waals surface area contributed by atoms with Crippen LogP contribution in [0.5, 0.6) is 0 Å². The van der Waals surface area contributed by atoms with Crippen LogP contribution in [0.4, 0.5) is 0 Å². The minimum absolute atomic E-state index is 0.190. The van der Waals surface area contributed by atoms with Crippen LogP contribution in [0.3, 0.4) is 0 Å². The van der Waals surface area contributed by atoms with E-state index in [1.807, 2.05) is 24.7 Å². The summed E-state index contributed by atoms with van der Waals surface area (Å²) in [6.07, 6.45) is 3.03. The molecule has 0 aliphatic heterocycles. The van der Waals surface area contributed by atoms with Crippen molar-refractivity contribution in [1.82, 2.24) is 10.3 Å². The van der Waals surface area contributed by atoms with E-state index < -0.39 is 0 Å². The number of nitrogens with zero attached hydrogens (tertiary/aromatic N) is 1. The van der Waals surface area contributed by atoms with E-state index in [1.54, 1.807) is 11.3 Å². The number of benzene rings is 1. The number of hydrogen-bond donors (Lipinski definition) is 1. The van der Waals surface area contributed by atoms with Gasteiger partial charge in [-0.2, -0.15) is 0 Å². The minimum Gasteiger partial charge on any atom is -0.306 e. The average Bonchev–Trinajstić information content (AvgIpc) is 2.88. The Morgan fingerprint density at radius 3 is 2.89 bits per heavy atom. The first kappa shape index (κ1) is 13.5. The first-order chi connectivity index (χ1) is 8.72. The molecule has 18 heavy (non-hydrogen) atoms. The van der Waals surface area contributed by atoms with Gasteiger partial charge in [0, 0.05) is 16.1 Å². The number of thiazole rings is 1. The van der Waals surface area contributed by atoms with Gasteiger partial charge in [0.25, 0.3) is 0 Å². The number of hydrogen-bond acceptors (Lipinski definition) is 3. The monoisotopic (exact) mass is 280 g/mol. The van der Waals surface area contributed by atoms with Crippen molar-refractivity contribution in [2.24, 2.45) is 0 Å². The van der Waals surface area contributed by atoms with Gasteiger partial charge in [-0.15, -0.1) is 11.3 Å².